The number of furan rings is 1. The predicted octanol–water partition coefficient (Wildman–Crippen LogP) is 1.59. The third-order valence-corrected chi connectivity index (χ3v) is 5.24. The quantitative estimate of drug-likeness (QED) is 0.469. The Hall–Kier alpha value is -3.79. The van der Waals surface area contributed by atoms with Gasteiger partial charge in [0.15, 0.2) is 6.67 Å². The zero-order valence-electron chi connectivity index (χ0n) is 16.9. The molecule has 10 nitrogen and oxygen atoms in total. The van der Waals surface area contributed by atoms with Crippen molar-refractivity contribution < 1.29 is 9.21 Å². The number of aromatic nitrogens is 6. The highest BCUT2D eigenvalue weighted by Gasteiger charge is 2.24. The van der Waals surface area contributed by atoms with Crippen LogP contribution in [0.1, 0.15) is 16.2 Å². The van der Waals surface area contributed by atoms with Gasteiger partial charge in [0.05, 0.1) is 12.8 Å². The van der Waals surface area contributed by atoms with Crippen molar-refractivity contribution in [2.75, 3.05) is 26.2 Å². The number of piperazine rings is 1. The van der Waals surface area contributed by atoms with Crippen molar-refractivity contribution in [3.63, 3.8) is 0 Å². The van der Waals surface area contributed by atoms with Crippen molar-refractivity contribution >= 4 is 5.91 Å². The van der Waals surface area contributed by atoms with Crippen LogP contribution in [0.5, 0.6) is 0 Å². The molecule has 0 spiro atoms. The highest BCUT2D eigenvalue weighted by molar-refractivity contribution is 5.92. The fraction of sp³-hybridized carbons (Fsp3) is 0.286. The number of carbonyl (C=O) groups excluding carboxylic acids is 1. The zero-order valence-corrected chi connectivity index (χ0v) is 16.9. The number of hydrogen-bond donors (Lipinski definition) is 0. The number of tetrazole rings is 1. The van der Waals surface area contributed by atoms with E-state index >= 15 is 0 Å². The molecule has 1 aliphatic rings. The average molecular weight is 418 g/mol. The molecule has 0 aliphatic carbocycles. The van der Waals surface area contributed by atoms with E-state index in [0.29, 0.717) is 24.6 Å². The summed E-state index contributed by atoms with van der Waals surface area (Å²) in [5.74, 6) is 1.43. The SMILES string of the molecule is O=C(c1ccn(Cn2nnc(-c3ccccc3)n2)n1)N1CCN(Cc2ccco2)CC1. The molecule has 4 aromatic rings. The van der Waals surface area contributed by atoms with Gasteiger partial charge in [0.1, 0.15) is 11.5 Å². The molecule has 1 amide bonds. The van der Waals surface area contributed by atoms with Crippen LogP contribution in [-0.2, 0) is 13.2 Å². The summed E-state index contributed by atoms with van der Waals surface area (Å²) in [7, 11) is 0. The largest absolute Gasteiger partial charge is 0.468 e. The standard InChI is InChI=1S/C21H22N8O2/c30-21(27-12-10-26(11-13-27)15-18-7-4-14-31-18)19-8-9-28(23-19)16-29-24-20(22-25-29)17-5-2-1-3-6-17/h1-9,14H,10-13,15-16H2. The number of hydrogen-bond acceptors (Lipinski definition) is 7. The number of rotatable bonds is 6. The zero-order chi connectivity index (χ0) is 21.0. The minimum absolute atomic E-state index is 0.0621. The fourth-order valence-corrected chi connectivity index (χ4v) is 3.58. The van der Waals surface area contributed by atoms with Gasteiger partial charge in [-0.05, 0) is 23.4 Å². The van der Waals surface area contributed by atoms with Crippen LogP contribution in [0.25, 0.3) is 11.4 Å². The summed E-state index contributed by atoms with van der Waals surface area (Å²) in [6.45, 7) is 3.98. The fourth-order valence-electron chi connectivity index (χ4n) is 3.58. The molecular formula is C21H22N8O2. The molecule has 1 aromatic carbocycles. The summed E-state index contributed by atoms with van der Waals surface area (Å²) in [5.41, 5.74) is 1.32. The van der Waals surface area contributed by atoms with Gasteiger partial charge in [-0.1, -0.05) is 30.3 Å². The second-order valence-corrected chi connectivity index (χ2v) is 7.38. The van der Waals surface area contributed by atoms with E-state index < -0.39 is 0 Å². The smallest absolute Gasteiger partial charge is 0.274 e. The molecule has 0 atom stereocenters. The van der Waals surface area contributed by atoms with E-state index in [2.05, 4.69) is 25.4 Å². The van der Waals surface area contributed by atoms with Gasteiger partial charge in [0.25, 0.3) is 5.91 Å². The first-order valence-corrected chi connectivity index (χ1v) is 10.2. The van der Waals surface area contributed by atoms with Gasteiger partial charge in [-0.2, -0.15) is 5.10 Å². The first-order chi connectivity index (χ1) is 15.2. The molecule has 3 aromatic heterocycles. The molecule has 5 rings (SSSR count). The molecule has 0 N–H and O–H groups in total. The van der Waals surface area contributed by atoms with Gasteiger partial charge in [-0.25, -0.2) is 4.68 Å². The Kier molecular flexibility index (Phi) is 5.28. The molecule has 10 heteroatoms. The van der Waals surface area contributed by atoms with Gasteiger partial charge >= 0.3 is 0 Å². The number of nitrogens with zero attached hydrogens (tertiary/aromatic N) is 8. The van der Waals surface area contributed by atoms with Gasteiger partial charge < -0.3 is 9.32 Å². The lowest BCUT2D eigenvalue weighted by Gasteiger charge is -2.33. The monoisotopic (exact) mass is 418 g/mol. The van der Waals surface area contributed by atoms with Crippen LogP contribution < -0.4 is 0 Å². The van der Waals surface area contributed by atoms with Gasteiger partial charge in [0, 0.05) is 37.9 Å². The molecule has 31 heavy (non-hydrogen) atoms. The summed E-state index contributed by atoms with van der Waals surface area (Å²) in [5, 5.41) is 17.0. The summed E-state index contributed by atoms with van der Waals surface area (Å²) in [6, 6.07) is 15.2. The van der Waals surface area contributed by atoms with E-state index in [1.165, 1.54) is 4.80 Å². The van der Waals surface area contributed by atoms with E-state index in [-0.39, 0.29) is 12.6 Å². The third kappa shape index (κ3) is 4.38. The van der Waals surface area contributed by atoms with E-state index in [1.807, 2.05) is 47.4 Å². The number of benzene rings is 1. The van der Waals surface area contributed by atoms with Crippen molar-refractivity contribution in [2.45, 2.75) is 13.2 Å². The second kappa shape index (κ2) is 8.52. The normalized spacial score (nSPS) is 14.8. The van der Waals surface area contributed by atoms with Crippen molar-refractivity contribution in [3.05, 3.63) is 72.4 Å². The Bertz CT molecular complexity index is 1130. The Labute approximate surface area is 178 Å². The summed E-state index contributed by atoms with van der Waals surface area (Å²) in [4.78, 5) is 18.4. The van der Waals surface area contributed by atoms with Crippen molar-refractivity contribution in [2.24, 2.45) is 0 Å². The van der Waals surface area contributed by atoms with Crippen LogP contribution in [0.4, 0.5) is 0 Å². The highest BCUT2D eigenvalue weighted by Crippen LogP contribution is 2.13. The number of carbonyl (C=O) groups is 1. The molecule has 1 aliphatic heterocycles. The summed E-state index contributed by atoms with van der Waals surface area (Å²) >= 11 is 0. The molecule has 0 radical (unpaired) electrons. The Morgan fingerprint density at radius 1 is 0.968 bits per heavy atom. The predicted molar refractivity (Wildman–Crippen MR) is 111 cm³/mol. The first-order valence-electron chi connectivity index (χ1n) is 10.2. The van der Waals surface area contributed by atoms with Gasteiger partial charge in [-0.3, -0.25) is 9.69 Å². The van der Waals surface area contributed by atoms with Crippen molar-refractivity contribution in [1.29, 1.82) is 0 Å². The molecule has 158 valence electrons. The average Bonchev–Trinajstić information content (AvgIpc) is 3.57. The van der Waals surface area contributed by atoms with Crippen LogP contribution in [0.15, 0.2) is 65.4 Å². The minimum atomic E-state index is -0.0621. The molecule has 0 unspecified atom stereocenters. The summed E-state index contributed by atoms with van der Waals surface area (Å²) in [6.07, 6.45) is 3.44. The van der Waals surface area contributed by atoms with Crippen LogP contribution >= 0.6 is 0 Å². The topological polar surface area (TPSA) is 98.1 Å². The maximum atomic E-state index is 12.8. The Balaban J connectivity index is 1.17. The first kappa shape index (κ1) is 19.2. The second-order valence-electron chi connectivity index (χ2n) is 7.38. The molecule has 4 heterocycles. The lowest BCUT2D eigenvalue weighted by molar-refractivity contribution is 0.0613. The van der Waals surface area contributed by atoms with Crippen molar-refractivity contribution in [1.82, 2.24) is 39.8 Å². The van der Waals surface area contributed by atoms with E-state index in [9.17, 15) is 4.79 Å². The Morgan fingerprint density at radius 2 is 1.81 bits per heavy atom. The minimum Gasteiger partial charge on any atom is -0.468 e. The summed E-state index contributed by atoms with van der Waals surface area (Å²) < 4.78 is 7.04. The lowest BCUT2D eigenvalue weighted by Crippen LogP contribution is -2.48. The number of amides is 1. The molecule has 0 saturated carbocycles. The van der Waals surface area contributed by atoms with Crippen molar-refractivity contribution in [3.8, 4) is 11.4 Å². The van der Waals surface area contributed by atoms with Gasteiger partial charge in [0.2, 0.25) is 5.82 Å². The maximum Gasteiger partial charge on any atom is 0.274 e. The Morgan fingerprint density at radius 3 is 2.58 bits per heavy atom. The third-order valence-electron chi connectivity index (χ3n) is 5.24. The lowest BCUT2D eigenvalue weighted by atomic mass is 10.2. The maximum absolute atomic E-state index is 12.8. The van der Waals surface area contributed by atoms with E-state index in [1.54, 1.807) is 23.2 Å². The van der Waals surface area contributed by atoms with E-state index in [4.69, 9.17) is 4.42 Å². The van der Waals surface area contributed by atoms with Gasteiger partial charge in [-0.15, -0.1) is 15.0 Å². The molecule has 1 fully saturated rings. The molecule has 1 saturated heterocycles. The highest BCUT2D eigenvalue weighted by atomic mass is 16.3. The molecular weight excluding hydrogens is 396 g/mol. The molecule has 0 bridgehead atoms. The van der Waals surface area contributed by atoms with E-state index in [0.717, 1.165) is 31.0 Å². The van der Waals surface area contributed by atoms with Crippen LogP contribution in [0.2, 0.25) is 0 Å². The van der Waals surface area contributed by atoms with Crippen LogP contribution in [0, 0.1) is 0 Å². The van der Waals surface area contributed by atoms with Crippen LogP contribution in [0.3, 0.4) is 0 Å². The van der Waals surface area contributed by atoms with Crippen LogP contribution in [-0.4, -0.2) is 71.9 Å².